The highest BCUT2D eigenvalue weighted by molar-refractivity contribution is 5.77. The van der Waals surface area contributed by atoms with Gasteiger partial charge in [-0.25, -0.2) is 0 Å². The summed E-state index contributed by atoms with van der Waals surface area (Å²) in [6.07, 6.45) is 6.42. The second kappa shape index (κ2) is 8.95. The molecule has 1 aliphatic heterocycles. The number of nitrogens with one attached hydrogen (secondary N) is 1. The van der Waals surface area contributed by atoms with Crippen LogP contribution in [0.3, 0.4) is 0 Å². The number of benzene rings is 1. The molecule has 4 nitrogen and oxygen atoms in total. The number of piperidine rings is 1. The second-order valence-electron chi connectivity index (χ2n) is 7.22. The van der Waals surface area contributed by atoms with Crippen LogP contribution in [0.25, 0.3) is 0 Å². The van der Waals surface area contributed by atoms with Crippen LogP contribution in [0.15, 0.2) is 48.8 Å². The van der Waals surface area contributed by atoms with Crippen LogP contribution in [-0.2, 0) is 4.79 Å². The van der Waals surface area contributed by atoms with Gasteiger partial charge in [0.15, 0.2) is 0 Å². The lowest BCUT2D eigenvalue weighted by molar-refractivity contribution is -0.122. The maximum atomic E-state index is 12.8. The maximum absolute atomic E-state index is 12.8. The van der Waals surface area contributed by atoms with Crippen LogP contribution in [0, 0.1) is 12.8 Å². The quantitative estimate of drug-likeness (QED) is 0.863. The summed E-state index contributed by atoms with van der Waals surface area (Å²) in [6, 6.07) is 12.1. The lowest BCUT2D eigenvalue weighted by Crippen LogP contribution is -2.36. The van der Waals surface area contributed by atoms with Crippen LogP contribution >= 0.6 is 0 Å². The average Bonchev–Trinajstić information content (AvgIpc) is 2.68. The minimum atomic E-state index is -0.123. The molecule has 0 spiro atoms. The second-order valence-corrected chi connectivity index (χ2v) is 7.22. The van der Waals surface area contributed by atoms with E-state index in [1.807, 2.05) is 24.3 Å². The minimum Gasteiger partial charge on any atom is -0.345 e. The fourth-order valence-corrected chi connectivity index (χ4v) is 3.80. The van der Waals surface area contributed by atoms with Crippen LogP contribution < -0.4 is 5.32 Å². The molecule has 2 aromatic rings. The van der Waals surface area contributed by atoms with E-state index >= 15 is 0 Å². The Morgan fingerprint density at radius 1 is 1.19 bits per heavy atom. The van der Waals surface area contributed by atoms with Crippen molar-refractivity contribution in [3.63, 3.8) is 0 Å². The zero-order valence-corrected chi connectivity index (χ0v) is 15.8. The van der Waals surface area contributed by atoms with Crippen molar-refractivity contribution in [1.29, 1.82) is 0 Å². The van der Waals surface area contributed by atoms with Gasteiger partial charge in [0, 0.05) is 18.8 Å². The number of nitrogens with zero attached hydrogens (tertiary/aromatic N) is 2. The van der Waals surface area contributed by atoms with Crippen molar-refractivity contribution in [2.75, 3.05) is 19.6 Å². The van der Waals surface area contributed by atoms with Crippen molar-refractivity contribution in [1.82, 2.24) is 15.2 Å². The Morgan fingerprint density at radius 2 is 1.88 bits per heavy atom. The number of rotatable bonds is 6. The van der Waals surface area contributed by atoms with E-state index in [0.717, 1.165) is 43.6 Å². The van der Waals surface area contributed by atoms with Crippen molar-refractivity contribution in [2.24, 2.45) is 5.92 Å². The number of aryl methyl sites for hydroxylation is 1. The summed E-state index contributed by atoms with van der Waals surface area (Å²) in [4.78, 5) is 19.4. The third-order valence-electron chi connectivity index (χ3n) is 5.47. The van der Waals surface area contributed by atoms with Gasteiger partial charge in [-0.3, -0.25) is 9.78 Å². The molecule has 0 radical (unpaired) electrons. The number of hydrogen-bond donors (Lipinski definition) is 1. The Kier molecular flexibility index (Phi) is 6.40. The van der Waals surface area contributed by atoms with Gasteiger partial charge < -0.3 is 10.2 Å². The molecule has 0 bridgehead atoms. The Balaban J connectivity index is 1.70. The monoisotopic (exact) mass is 351 g/mol. The Hall–Kier alpha value is -2.20. The van der Waals surface area contributed by atoms with Crippen LogP contribution in [0.1, 0.15) is 48.9 Å². The van der Waals surface area contributed by atoms with Gasteiger partial charge >= 0.3 is 0 Å². The summed E-state index contributed by atoms with van der Waals surface area (Å²) in [5.74, 6) is 0.637. The fraction of sp³-hybridized carbons (Fsp3) is 0.455. The number of amides is 1. The third kappa shape index (κ3) is 4.70. The van der Waals surface area contributed by atoms with E-state index in [4.69, 9.17) is 0 Å². The van der Waals surface area contributed by atoms with E-state index in [0.29, 0.717) is 12.3 Å². The highest BCUT2D eigenvalue weighted by atomic mass is 16.1. The van der Waals surface area contributed by atoms with Gasteiger partial charge in [0.1, 0.15) is 0 Å². The normalized spacial score (nSPS) is 17.0. The van der Waals surface area contributed by atoms with Crippen LogP contribution in [0.4, 0.5) is 0 Å². The summed E-state index contributed by atoms with van der Waals surface area (Å²) in [6.45, 7) is 7.63. The lowest BCUT2D eigenvalue weighted by Gasteiger charge is -2.31. The van der Waals surface area contributed by atoms with Gasteiger partial charge in [0.05, 0.1) is 6.04 Å². The van der Waals surface area contributed by atoms with E-state index in [-0.39, 0.29) is 11.9 Å². The SMILES string of the molecule is CCN1CCC(CC(=O)N[C@@H](c2ccncc2)c2ccccc2C)CC1. The number of aromatic nitrogens is 1. The summed E-state index contributed by atoms with van der Waals surface area (Å²) >= 11 is 0. The predicted molar refractivity (Wildman–Crippen MR) is 105 cm³/mol. The first-order valence-corrected chi connectivity index (χ1v) is 9.64. The van der Waals surface area contributed by atoms with Gasteiger partial charge in [-0.15, -0.1) is 0 Å². The summed E-state index contributed by atoms with van der Waals surface area (Å²) in [7, 11) is 0. The minimum absolute atomic E-state index is 0.123. The van der Waals surface area contributed by atoms with Crippen molar-refractivity contribution >= 4 is 5.91 Å². The maximum Gasteiger partial charge on any atom is 0.221 e. The van der Waals surface area contributed by atoms with Crippen LogP contribution in [0.2, 0.25) is 0 Å². The van der Waals surface area contributed by atoms with E-state index < -0.39 is 0 Å². The first kappa shape index (κ1) is 18.6. The number of hydrogen-bond acceptors (Lipinski definition) is 3. The summed E-state index contributed by atoms with van der Waals surface area (Å²) in [5, 5.41) is 3.28. The molecule has 1 amide bonds. The number of carbonyl (C=O) groups excluding carboxylic acids is 1. The first-order chi connectivity index (χ1) is 12.7. The lowest BCUT2D eigenvalue weighted by atomic mass is 9.92. The third-order valence-corrected chi connectivity index (χ3v) is 5.47. The van der Waals surface area contributed by atoms with Gasteiger partial charge in [0.2, 0.25) is 5.91 Å². The van der Waals surface area contributed by atoms with Crippen molar-refractivity contribution in [3.05, 3.63) is 65.5 Å². The molecule has 3 rings (SSSR count). The van der Waals surface area contributed by atoms with Gasteiger partial charge in [0.25, 0.3) is 0 Å². The molecule has 1 aliphatic rings. The Labute approximate surface area is 156 Å². The van der Waals surface area contributed by atoms with Crippen LogP contribution in [0.5, 0.6) is 0 Å². The van der Waals surface area contributed by atoms with Gasteiger partial charge in [-0.05, 0) is 74.1 Å². The average molecular weight is 351 g/mol. The Bertz CT molecular complexity index is 708. The molecule has 0 saturated carbocycles. The highest BCUT2D eigenvalue weighted by Gasteiger charge is 2.23. The molecule has 2 heterocycles. The Morgan fingerprint density at radius 3 is 2.54 bits per heavy atom. The topological polar surface area (TPSA) is 45.2 Å². The van der Waals surface area contributed by atoms with Crippen molar-refractivity contribution in [3.8, 4) is 0 Å². The molecule has 0 unspecified atom stereocenters. The smallest absolute Gasteiger partial charge is 0.221 e. The molecule has 1 saturated heterocycles. The molecule has 0 aliphatic carbocycles. The van der Waals surface area contributed by atoms with E-state index in [1.54, 1.807) is 12.4 Å². The van der Waals surface area contributed by atoms with Gasteiger partial charge in [-0.1, -0.05) is 31.2 Å². The van der Waals surface area contributed by atoms with E-state index in [9.17, 15) is 4.79 Å². The fourth-order valence-electron chi connectivity index (χ4n) is 3.80. The number of carbonyl (C=O) groups is 1. The number of likely N-dealkylation sites (tertiary alicyclic amines) is 1. The van der Waals surface area contributed by atoms with E-state index in [1.165, 1.54) is 5.56 Å². The molecule has 1 fully saturated rings. The molecule has 1 aromatic heterocycles. The summed E-state index contributed by atoms with van der Waals surface area (Å²) in [5.41, 5.74) is 3.40. The van der Waals surface area contributed by atoms with Crippen molar-refractivity contribution in [2.45, 2.75) is 39.2 Å². The zero-order valence-electron chi connectivity index (χ0n) is 15.8. The molecule has 1 atom stereocenters. The molecule has 1 N–H and O–H groups in total. The molecule has 26 heavy (non-hydrogen) atoms. The summed E-state index contributed by atoms with van der Waals surface area (Å²) < 4.78 is 0. The molecule has 138 valence electrons. The largest absolute Gasteiger partial charge is 0.345 e. The van der Waals surface area contributed by atoms with Gasteiger partial charge in [-0.2, -0.15) is 0 Å². The molecule has 4 heteroatoms. The van der Waals surface area contributed by atoms with E-state index in [2.05, 4.69) is 41.2 Å². The molecular formula is C22H29N3O. The first-order valence-electron chi connectivity index (χ1n) is 9.64. The predicted octanol–water partition coefficient (Wildman–Crippen LogP) is 3.72. The highest BCUT2D eigenvalue weighted by Crippen LogP contribution is 2.26. The number of pyridine rings is 1. The molecular weight excluding hydrogens is 322 g/mol. The molecule has 1 aromatic carbocycles. The zero-order chi connectivity index (χ0) is 18.4. The standard InChI is InChI=1S/C22H29N3O/c1-3-25-14-10-18(11-15-25)16-21(26)24-22(19-8-12-23-13-9-19)20-7-5-4-6-17(20)2/h4-9,12-13,18,22H,3,10-11,14-16H2,1-2H3,(H,24,26)/t22-/m0/s1. The van der Waals surface area contributed by atoms with Crippen molar-refractivity contribution < 1.29 is 4.79 Å². The van der Waals surface area contributed by atoms with Crippen LogP contribution in [-0.4, -0.2) is 35.4 Å².